The summed E-state index contributed by atoms with van der Waals surface area (Å²) in [5, 5.41) is 0. The molecule has 0 fully saturated rings. The van der Waals surface area contributed by atoms with E-state index in [1.54, 1.807) is 0 Å². The summed E-state index contributed by atoms with van der Waals surface area (Å²) in [6, 6.07) is 0. The molecule has 0 heterocycles. The third-order valence-electron chi connectivity index (χ3n) is 7.07. The van der Waals surface area contributed by atoms with Gasteiger partial charge in [-0.1, -0.05) is 117 Å². The van der Waals surface area contributed by atoms with Crippen molar-refractivity contribution in [2.75, 3.05) is 33.8 Å². The smallest absolute Gasteiger partial charge is 0.217 e. The quantitative estimate of drug-likeness (QED) is 0.0569. The Morgan fingerprint density at radius 1 is 0.559 bits per heavy atom. The molecule has 0 aliphatic carbocycles. The van der Waals surface area contributed by atoms with Gasteiger partial charge in [-0.05, 0) is 32.6 Å². The molecule has 0 aromatic rings. The second-order valence-corrected chi connectivity index (χ2v) is 11.5. The van der Waals surface area contributed by atoms with Crippen molar-refractivity contribution in [1.82, 2.24) is 0 Å². The van der Waals surface area contributed by atoms with Crippen LogP contribution < -0.4 is 0 Å². The third kappa shape index (κ3) is 29.9. The molecule has 0 N–H and O–H groups in total. The second kappa shape index (κ2) is 25.9. The summed E-state index contributed by atoms with van der Waals surface area (Å²) in [6.45, 7) is 11.1. The number of hydrogen-bond donors (Lipinski definition) is 0. The molecule has 34 heavy (non-hydrogen) atoms. The van der Waals surface area contributed by atoms with E-state index in [-0.39, 0.29) is 0 Å². The number of unbranched alkanes of at least 4 members (excludes halogenated alkanes) is 18. The molecule has 5 nitrogen and oxygen atoms in total. The monoisotopic (exact) mass is 507 g/mol. The number of hydrogen-bond acceptors (Lipinski definition) is 4. The predicted octanol–water partition coefficient (Wildman–Crippen LogP) is 8.39. The number of quaternary nitrogens is 1. The van der Waals surface area contributed by atoms with Gasteiger partial charge in [0.2, 0.25) is 10.4 Å². The van der Waals surface area contributed by atoms with Gasteiger partial charge in [-0.3, -0.25) is 4.18 Å². The van der Waals surface area contributed by atoms with E-state index in [0.717, 1.165) is 7.11 Å². The molecule has 0 saturated carbocycles. The van der Waals surface area contributed by atoms with Crippen LogP contribution in [0, 0.1) is 0 Å². The molecule has 0 bridgehead atoms. The van der Waals surface area contributed by atoms with E-state index in [0.29, 0.717) is 0 Å². The van der Waals surface area contributed by atoms with E-state index in [2.05, 4.69) is 32.0 Å². The number of nitrogens with zero attached hydrogens (tertiary/aromatic N) is 1. The fourth-order valence-corrected chi connectivity index (χ4v) is 4.39. The minimum absolute atomic E-state index is 0.808. The summed E-state index contributed by atoms with van der Waals surface area (Å²) in [4.78, 5) is 0. The Bertz CT molecular complexity index is 473. The second-order valence-electron chi connectivity index (χ2n) is 10.3. The van der Waals surface area contributed by atoms with Gasteiger partial charge in [-0.25, -0.2) is 8.42 Å². The van der Waals surface area contributed by atoms with Crippen molar-refractivity contribution in [3.63, 3.8) is 0 Å². The highest BCUT2D eigenvalue weighted by molar-refractivity contribution is 7.80. The zero-order chi connectivity index (χ0) is 26.0. The van der Waals surface area contributed by atoms with Gasteiger partial charge in [0.15, 0.2) is 0 Å². The van der Waals surface area contributed by atoms with Crippen LogP contribution in [0.4, 0.5) is 0 Å². The van der Waals surface area contributed by atoms with Crippen molar-refractivity contribution in [2.45, 2.75) is 149 Å². The lowest BCUT2D eigenvalue weighted by Crippen LogP contribution is -2.45. The highest BCUT2D eigenvalue weighted by Gasteiger charge is 2.17. The molecule has 0 aromatic heterocycles. The first kappa shape index (κ1) is 36.0. The van der Waals surface area contributed by atoms with E-state index in [1.165, 1.54) is 153 Å². The van der Waals surface area contributed by atoms with Crippen molar-refractivity contribution in [1.29, 1.82) is 0 Å². The lowest BCUT2D eigenvalue weighted by atomic mass is 10.1. The van der Waals surface area contributed by atoms with Crippen LogP contribution in [0.15, 0.2) is 0 Å². The van der Waals surface area contributed by atoms with E-state index in [4.69, 9.17) is 0 Å². The summed E-state index contributed by atoms with van der Waals surface area (Å²) in [6.07, 6.45) is 29.1. The zero-order valence-electron chi connectivity index (χ0n) is 23.8. The van der Waals surface area contributed by atoms with Crippen LogP contribution in [0.2, 0.25) is 0 Å². The summed E-state index contributed by atoms with van der Waals surface area (Å²) in [5.74, 6) is 0. The minimum atomic E-state index is -4.41. The van der Waals surface area contributed by atoms with Crippen LogP contribution in [0.3, 0.4) is 0 Å². The molecule has 0 atom stereocenters. The molecule has 208 valence electrons. The average molecular weight is 508 g/mol. The molecule has 0 spiro atoms. The van der Waals surface area contributed by atoms with Gasteiger partial charge in [-0.2, -0.15) is 0 Å². The molecule has 0 amide bonds. The maximum absolute atomic E-state index is 9.22. The molecule has 0 rings (SSSR count). The van der Waals surface area contributed by atoms with Gasteiger partial charge in [0, 0.05) is 0 Å². The standard InChI is InChI=1S/C27H58N.CH4O4S/c1-5-8-10-12-14-16-18-20-22-24-26-28(4,7-3)27-25-23-21-19-17-15-13-11-9-6-2;1-5-6(2,3)4/h5-27H2,1-4H3;1H3,(H,2,3,4)/q+1;/p-1. The van der Waals surface area contributed by atoms with Crippen LogP contribution >= 0.6 is 0 Å². The zero-order valence-corrected chi connectivity index (χ0v) is 24.6. The summed E-state index contributed by atoms with van der Waals surface area (Å²) in [7, 11) is -1.10. The van der Waals surface area contributed by atoms with Crippen LogP contribution in [0.25, 0.3) is 0 Å². The molecule has 0 aromatic carbocycles. The molecular formula is C28H61NO4S. The van der Waals surface area contributed by atoms with Gasteiger partial charge in [0.1, 0.15) is 0 Å². The van der Waals surface area contributed by atoms with Gasteiger partial charge >= 0.3 is 0 Å². The van der Waals surface area contributed by atoms with Crippen molar-refractivity contribution in [2.24, 2.45) is 0 Å². The van der Waals surface area contributed by atoms with E-state index in [1.807, 2.05) is 0 Å². The van der Waals surface area contributed by atoms with Crippen molar-refractivity contribution >= 4 is 10.4 Å². The molecule has 0 saturated heterocycles. The molecule has 0 unspecified atom stereocenters. The van der Waals surface area contributed by atoms with Gasteiger partial charge in [0.25, 0.3) is 0 Å². The molecule has 6 heteroatoms. The maximum Gasteiger partial charge on any atom is 0.217 e. The molecule has 0 aliphatic rings. The predicted molar refractivity (Wildman–Crippen MR) is 147 cm³/mol. The Hall–Kier alpha value is -0.170. The largest absolute Gasteiger partial charge is 0.726 e. The SMILES string of the molecule is CCCCCCCCCCCC[N+](C)(CC)CCCCCCCCCCCC.COS(=O)(=O)[O-]. The Kier molecular flexibility index (Phi) is 27.4. The number of rotatable bonds is 24. The highest BCUT2D eigenvalue weighted by Crippen LogP contribution is 2.15. The molecule has 0 aliphatic heterocycles. The van der Waals surface area contributed by atoms with Crippen molar-refractivity contribution in [3.8, 4) is 0 Å². The van der Waals surface area contributed by atoms with Gasteiger partial charge < -0.3 is 9.04 Å². The third-order valence-corrected chi connectivity index (χ3v) is 7.48. The van der Waals surface area contributed by atoms with Gasteiger partial charge in [0.05, 0.1) is 33.8 Å². The summed E-state index contributed by atoms with van der Waals surface area (Å²) in [5.41, 5.74) is 0. The van der Waals surface area contributed by atoms with Gasteiger partial charge in [-0.15, -0.1) is 0 Å². The van der Waals surface area contributed by atoms with E-state index < -0.39 is 10.4 Å². The highest BCUT2D eigenvalue weighted by atomic mass is 32.3. The fourth-order valence-electron chi connectivity index (χ4n) is 4.39. The Morgan fingerprint density at radius 2 is 0.794 bits per heavy atom. The first-order valence-electron chi connectivity index (χ1n) is 14.6. The van der Waals surface area contributed by atoms with Crippen LogP contribution in [-0.4, -0.2) is 51.2 Å². The Labute approximate surface area is 215 Å². The Balaban J connectivity index is 0. The Morgan fingerprint density at radius 3 is 1.00 bits per heavy atom. The molecular weight excluding hydrogens is 446 g/mol. The topological polar surface area (TPSA) is 66.4 Å². The lowest BCUT2D eigenvalue weighted by Gasteiger charge is -2.33. The van der Waals surface area contributed by atoms with Crippen LogP contribution in [0.5, 0.6) is 0 Å². The van der Waals surface area contributed by atoms with E-state index >= 15 is 0 Å². The van der Waals surface area contributed by atoms with Crippen LogP contribution in [0.1, 0.15) is 149 Å². The van der Waals surface area contributed by atoms with Crippen molar-refractivity contribution < 1.29 is 21.6 Å². The minimum Gasteiger partial charge on any atom is -0.726 e. The van der Waals surface area contributed by atoms with Crippen molar-refractivity contribution in [3.05, 3.63) is 0 Å². The average Bonchev–Trinajstić information content (AvgIpc) is 2.81. The lowest BCUT2D eigenvalue weighted by molar-refractivity contribution is -0.908. The fraction of sp³-hybridized carbons (Fsp3) is 1.00. The first-order valence-corrected chi connectivity index (χ1v) is 15.9. The summed E-state index contributed by atoms with van der Waals surface area (Å²) >= 11 is 0. The molecule has 0 radical (unpaired) electrons. The van der Waals surface area contributed by atoms with E-state index in [9.17, 15) is 13.0 Å². The normalized spacial score (nSPS) is 11.9. The maximum atomic E-state index is 9.22. The van der Waals surface area contributed by atoms with Crippen LogP contribution in [-0.2, 0) is 14.6 Å². The summed E-state index contributed by atoms with van der Waals surface area (Å²) < 4.78 is 32.3. The first-order chi connectivity index (χ1) is 16.2.